The Kier molecular flexibility index (Phi) is 4.52. The summed E-state index contributed by atoms with van der Waals surface area (Å²) in [5.41, 5.74) is 0.860. The molecule has 0 spiro atoms. The maximum Gasteiger partial charge on any atom is 0.412 e. The Labute approximate surface area is 116 Å². The van der Waals surface area contributed by atoms with E-state index in [-0.39, 0.29) is 0 Å². The summed E-state index contributed by atoms with van der Waals surface area (Å²) in [6, 6.07) is 8.97. The molecule has 0 radical (unpaired) electrons. The molecule has 0 saturated carbocycles. The Morgan fingerprint density at radius 3 is 2.74 bits per heavy atom. The Morgan fingerprint density at radius 2 is 2.11 bits per heavy atom. The number of thiazole rings is 1. The number of para-hydroxylation sites is 1. The van der Waals surface area contributed by atoms with Crippen LogP contribution in [0.3, 0.4) is 0 Å². The predicted octanol–water partition coefficient (Wildman–Crippen LogP) is 3.56. The first kappa shape index (κ1) is 13.5. The van der Waals surface area contributed by atoms with Crippen LogP contribution in [0.1, 0.15) is 30.5 Å². The second-order valence-electron chi connectivity index (χ2n) is 4.39. The minimum atomic E-state index is -0.467. The molecule has 100 valence electrons. The van der Waals surface area contributed by atoms with Crippen molar-refractivity contribution in [3.05, 3.63) is 46.4 Å². The molecule has 2 rings (SSSR count). The topological polar surface area (TPSA) is 51.2 Å². The highest BCUT2D eigenvalue weighted by Crippen LogP contribution is 2.19. The number of hydrogen-bond donors (Lipinski definition) is 1. The molecule has 0 fully saturated rings. The highest BCUT2D eigenvalue weighted by atomic mass is 32.1. The molecule has 1 aromatic carbocycles. The summed E-state index contributed by atoms with van der Waals surface area (Å²) in [4.78, 5) is 16.0. The van der Waals surface area contributed by atoms with E-state index in [1.54, 1.807) is 23.5 Å². The summed E-state index contributed by atoms with van der Waals surface area (Å²) >= 11 is 1.61. The lowest BCUT2D eigenvalue weighted by Gasteiger charge is -2.05. The molecule has 1 N–H and O–H groups in total. The zero-order valence-electron chi connectivity index (χ0n) is 10.9. The average molecular weight is 276 g/mol. The highest BCUT2D eigenvalue weighted by Gasteiger charge is 2.08. The van der Waals surface area contributed by atoms with Crippen LogP contribution in [-0.2, 0) is 6.54 Å². The van der Waals surface area contributed by atoms with E-state index < -0.39 is 6.09 Å². The minimum Gasteiger partial charge on any atom is -0.410 e. The molecule has 0 aliphatic rings. The third-order valence-electron chi connectivity index (χ3n) is 2.43. The van der Waals surface area contributed by atoms with Gasteiger partial charge in [0, 0.05) is 11.3 Å². The second kappa shape index (κ2) is 6.33. The fraction of sp³-hybridized carbons (Fsp3) is 0.286. The molecule has 1 aromatic heterocycles. The van der Waals surface area contributed by atoms with Crippen LogP contribution in [-0.4, -0.2) is 11.1 Å². The van der Waals surface area contributed by atoms with Crippen molar-refractivity contribution >= 4 is 17.4 Å². The number of ether oxygens (including phenoxy) is 1. The molecule has 1 amide bonds. The Bertz CT molecular complexity index is 537. The summed E-state index contributed by atoms with van der Waals surface area (Å²) in [5, 5.41) is 5.72. The highest BCUT2D eigenvalue weighted by molar-refractivity contribution is 7.09. The van der Waals surface area contributed by atoms with Crippen LogP contribution in [0.5, 0.6) is 5.75 Å². The first-order valence-electron chi connectivity index (χ1n) is 6.10. The van der Waals surface area contributed by atoms with E-state index in [0.717, 1.165) is 10.7 Å². The first-order chi connectivity index (χ1) is 9.15. The fourth-order valence-corrected chi connectivity index (χ4v) is 2.30. The van der Waals surface area contributed by atoms with E-state index in [4.69, 9.17) is 4.74 Å². The van der Waals surface area contributed by atoms with Crippen molar-refractivity contribution < 1.29 is 9.53 Å². The number of aromatic nitrogens is 1. The molecule has 2 aromatic rings. The summed E-state index contributed by atoms with van der Waals surface area (Å²) < 4.78 is 5.12. The van der Waals surface area contributed by atoms with Crippen molar-refractivity contribution in [2.75, 3.05) is 0 Å². The van der Waals surface area contributed by atoms with Crippen molar-refractivity contribution in [3.63, 3.8) is 0 Å². The summed E-state index contributed by atoms with van der Waals surface area (Å²) in [5.74, 6) is 0.941. The number of carbonyl (C=O) groups excluding carboxylic acids is 1. The quantitative estimate of drug-likeness (QED) is 0.929. The van der Waals surface area contributed by atoms with Gasteiger partial charge in [-0.25, -0.2) is 9.78 Å². The first-order valence-corrected chi connectivity index (χ1v) is 6.98. The maximum atomic E-state index is 11.6. The second-order valence-corrected chi connectivity index (χ2v) is 5.28. The van der Waals surface area contributed by atoms with Crippen LogP contribution in [0.15, 0.2) is 35.7 Å². The Balaban J connectivity index is 1.83. The molecule has 0 aliphatic heterocycles. The van der Waals surface area contributed by atoms with Gasteiger partial charge in [-0.3, -0.25) is 0 Å². The smallest absolute Gasteiger partial charge is 0.410 e. The molecule has 0 unspecified atom stereocenters. The van der Waals surface area contributed by atoms with Gasteiger partial charge in [0.15, 0.2) is 0 Å². The Hall–Kier alpha value is -1.88. The molecule has 1 heterocycles. The maximum absolute atomic E-state index is 11.6. The molecule has 0 saturated heterocycles. The van der Waals surface area contributed by atoms with Gasteiger partial charge in [-0.05, 0) is 12.1 Å². The normalized spacial score (nSPS) is 10.5. The van der Waals surface area contributed by atoms with Crippen LogP contribution in [0.25, 0.3) is 0 Å². The SMILES string of the molecule is CC(C)c1nc(CNC(=O)Oc2ccccc2)cs1. The number of rotatable bonds is 4. The summed E-state index contributed by atoms with van der Waals surface area (Å²) in [6.45, 7) is 4.58. The van der Waals surface area contributed by atoms with Crippen molar-refractivity contribution in [3.8, 4) is 5.75 Å². The van der Waals surface area contributed by atoms with Gasteiger partial charge in [-0.2, -0.15) is 0 Å². The third-order valence-corrected chi connectivity index (χ3v) is 3.63. The van der Waals surface area contributed by atoms with Gasteiger partial charge in [0.25, 0.3) is 0 Å². The van der Waals surface area contributed by atoms with Crippen LogP contribution in [0, 0.1) is 0 Å². The molecule has 0 aliphatic carbocycles. The van der Waals surface area contributed by atoms with Crippen LogP contribution < -0.4 is 10.1 Å². The number of amides is 1. The van der Waals surface area contributed by atoms with Crippen LogP contribution >= 0.6 is 11.3 Å². The van der Waals surface area contributed by atoms with E-state index in [9.17, 15) is 4.79 Å². The van der Waals surface area contributed by atoms with Gasteiger partial charge in [0.2, 0.25) is 0 Å². The summed E-state index contributed by atoms with van der Waals surface area (Å²) in [7, 11) is 0. The molecular weight excluding hydrogens is 260 g/mol. The zero-order chi connectivity index (χ0) is 13.7. The largest absolute Gasteiger partial charge is 0.412 e. The molecule has 4 nitrogen and oxygen atoms in total. The van der Waals surface area contributed by atoms with Gasteiger partial charge in [-0.15, -0.1) is 11.3 Å². The van der Waals surface area contributed by atoms with Crippen LogP contribution in [0.4, 0.5) is 4.79 Å². The lowest BCUT2D eigenvalue weighted by molar-refractivity contribution is 0.200. The average Bonchev–Trinajstić information content (AvgIpc) is 2.86. The molecule has 5 heteroatoms. The van der Waals surface area contributed by atoms with E-state index in [1.807, 2.05) is 23.6 Å². The summed E-state index contributed by atoms with van der Waals surface area (Å²) in [6.07, 6.45) is -0.467. The molecule has 0 bridgehead atoms. The predicted molar refractivity (Wildman–Crippen MR) is 75.5 cm³/mol. The molecule has 0 atom stereocenters. The number of benzene rings is 1. The van der Waals surface area contributed by atoms with Crippen molar-refractivity contribution in [2.24, 2.45) is 0 Å². The number of nitrogens with one attached hydrogen (secondary N) is 1. The van der Waals surface area contributed by atoms with Gasteiger partial charge in [-0.1, -0.05) is 32.0 Å². The Morgan fingerprint density at radius 1 is 1.37 bits per heavy atom. The number of hydrogen-bond acceptors (Lipinski definition) is 4. The van der Waals surface area contributed by atoms with Crippen molar-refractivity contribution in [1.82, 2.24) is 10.3 Å². The standard InChI is InChI=1S/C14H16N2O2S/c1-10(2)13-16-11(9-19-13)8-15-14(17)18-12-6-4-3-5-7-12/h3-7,9-10H,8H2,1-2H3,(H,15,17). The zero-order valence-corrected chi connectivity index (χ0v) is 11.7. The van der Waals surface area contributed by atoms with Crippen LogP contribution in [0.2, 0.25) is 0 Å². The van der Waals surface area contributed by atoms with E-state index in [0.29, 0.717) is 18.2 Å². The monoisotopic (exact) mass is 276 g/mol. The van der Waals surface area contributed by atoms with Gasteiger partial charge in [0.1, 0.15) is 5.75 Å². The van der Waals surface area contributed by atoms with Gasteiger partial charge in [0.05, 0.1) is 17.2 Å². The van der Waals surface area contributed by atoms with E-state index in [1.165, 1.54) is 0 Å². The number of nitrogens with zero attached hydrogens (tertiary/aromatic N) is 1. The van der Waals surface area contributed by atoms with E-state index >= 15 is 0 Å². The lowest BCUT2D eigenvalue weighted by Crippen LogP contribution is -2.26. The van der Waals surface area contributed by atoms with Gasteiger partial charge >= 0.3 is 6.09 Å². The third kappa shape index (κ3) is 4.06. The number of carbonyl (C=O) groups is 1. The lowest BCUT2D eigenvalue weighted by atomic mass is 10.2. The molecule has 19 heavy (non-hydrogen) atoms. The van der Waals surface area contributed by atoms with Crippen molar-refractivity contribution in [2.45, 2.75) is 26.3 Å². The minimum absolute atomic E-state index is 0.384. The van der Waals surface area contributed by atoms with Crippen molar-refractivity contribution in [1.29, 1.82) is 0 Å². The fourth-order valence-electron chi connectivity index (χ4n) is 1.46. The van der Waals surface area contributed by atoms with Gasteiger partial charge < -0.3 is 10.1 Å². The van der Waals surface area contributed by atoms with E-state index in [2.05, 4.69) is 24.1 Å². The molecular formula is C14H16N2O2S.